The van der Waals surface area contributed by atoms with E-state index in [9.17, 15) is 0 Å². The third-order valence-corrected chi connectivity index (χ3v) is 4.02. The summed E-state index contributed by atoms with van der Waals surface area (Å²) in [7, 11) is 0. The van der Waals surface area contributed by atoms with Crippen LogP contribution in [0.2, 0.25) is 0 Å². The highest BCUT2D eigenvalue weighted by Crippen LogP contribution is 2.25. The molecule has 0 aromatic carbocycles. The van der Waals surface area contributed by atoms with Crippen molar-refractivity contribution in [3.05, 3.63) is 24.0 Å². The minimum absolute atomic E-state index is 0.349. The molecular weight excluding hydrogens is 238 g/mol. The Morgan fingerprint density at radius 2 is 2.32 bits per heavy atom. The van der Waals surface area contributed by atoms with E-state index < -0.39 is 0 Å². The van der Waals surface area contributed by atoms with Gasteiger partial charge in [-0.2, -0.15) is 9.61 Å². The quantitative estimate of drug-likeness (QED) is 0.882. The monoisotopic (exact) mass is 259 g/mol. The van der Waals surface area contributed by atoms with Gasteiger partial charge in [-0.05, 0) is 25.2 Å². The molecule has 3 rings (SSSR count). The molecule has 3 N–H and O–H groups in total. The van der Waals surface area contributed by atoms with Crippen LogP contribution in [0.4, 0.5) is 5.82 Å². The van der Waals surface area contributed by atoms with E-state index in [4.69, 9.17) is 5.73 Å². The molecule has 5 nitrogen and oxygen atoms in total. The molecule has 0 bridgehead atoms. The molecule has 2 heterocycles. The molecule has 1 aliphatic carbocycles. The maximum Gasteiger partial charge on any atom is 0.157 e. The van der Waals surface area contributed by atoms with Gasteiger partial charge in [0.1, 0.15) is 5.82 Å². The molecule has 0 amide bonds. The van der Waals surface area contributed by atoms with E-state index in [0.29, 0.717) is 18.0 Å². The molecule has 0 saturated heterocycles. The Morgan fingerprint density at radius 1 is 1.53 bits per heavy atom. The number of nitrogens with one attached hydrogen (secondary N) is 1. The SMILES string of the molecule is CCC(C)c1cc(N[C@H]2C[C@H](N)C2)n2nccc2n1. The van der Waals surface area contributed by atoms with Crippen LogP contribution in [0, 0.1) is 0 Å². The van der Waals surface area contributed by atoms with Gasteiger partial charge in [-0.25, -0.2) is 4.98 Å². The van der Waals surface area contributed by atoms with Crippen molar-refractivity contribution in [3.63, 3.8) is 0 Å². The van der Waals surface area contributed by atoms with Crippen molar-refractivity contribution >= 4 is 11.5 Å². The Hall–Kier alpha value is -1.62. The first-order valence-corrected chi connectivity index (χ1v) is 7.04. The van der Waals surface area contributed by atoms with Crippen molar-refractivity contribution in [1.29, 1.82) is 0 Å². The van der Waals surface area contributed by atoms with Gasteiger partial charge in [-0.15, -0.1) is 0 Å². The van der Waals surface area contributed by atoms with E-state index in [2.05, 4.69) is 35.3 Å². The number of anilines is 1. The standard InChI is InChI=1S/C14H21N5/c1-3-9(2)12-8-14(17-11-6-10(15)7-11)19-13(18-12)4-5-16-19/h4-5,8-11,17H,3,6-7,15H2,1-2H3/t9?,10-,11-. The Bertz CT molecular complexity index is 570. The maximum atomic E-state index is 5.84. The summed E-state index contributed by atoms with van der Waals surface area (Å²) in [5.41, 5.74) is 7.87. The van der Waals surface area contributed by atoms with Gasteiger partial charge in [-0.3, -0.25) is 0 Å². The Balaban J connectivity index is 1.93. The first-order valence-electron chi connectivity index (χ1n) is 7.04. The fraction of sp³-hybridized carbons (Fsp3) is 0.571. The van der Waals surface area contributed by atoms with Crippen molar-refractivity contribution < 1.29 is 0 Å². The largest absolute Gasteiger partial charge is 0.367 e. The number of rotatable bonds is 4. The van der Waals surface area contributed by atoms with E-state index in [0.717, 1.165) is 36.4 Å². The van der Waals surface area contributed by atoms with E-state index in [1.165, 1.54) is 0 Å². The number of hydrogen-bond donors (Lipinski definition) is 2. The van der Waals surface area contributed by atoms with Crippen molar-refractivity contribution in [2.24, 2.45) is 5.73 Å². The number of aromatic nitrogens is 3. The molecule has 1 aliphatic rings. The second-order valence-electron chi connectivity index (χ2n) is 5.55. The summed E-state index contributed by atoms with van der Waals surface area (Å²) in [4.78, 5) is 4.67. The molecule has 0 spiro atoms. The summed E-state index contributed by atoms with van der Waals surface area (Å²) in [6, 6.07) is 4.89. The zero-order chi connectivity index (χ0) is 13.4. The minimum atomic E-state index is 0.349. The Labute approximate surface area is 113 Å². The van der Waals surface area contributed by atoms with Gasteiger partial charge < -0.3 is 11.1 Å². The first-order chi connectivity index (χ1) is 9.17. The smallest absolute Gasteiger partial charge is 0.157 e. The molecule has 2 aromatic rings. The highest BCUT2D eigenvalue weighted by Gasteiger charge is 2.26. The average Bonchev–Trinajstić information content (AvgIpc) is 2.84. The van der Waals surface area contributed by atoms with Gasteiger partial charge in [0, 0.05) is 29.9 Å². The molecule has 102 valence electrons. The summed E-state index contributed by atoms with van der Waals surface area (Å²) in [5.74, 6) is 1.49. The molecule has 0 radical (unpaired) electrons. The highest BCUT2D eigenvalue weighted by molar-refractivity contribution is 5.50. The van der Waals surface area contributed by atoms with Crippen LogP contribution in [0.1, 0.15) is 44.7 Å². The van der Waals surface area contributed by atoms with Crippen LogP contribution in [0.5, 0.6) is 0 Å². The number of hydrogen-bond acceptors (Lipinski definition) is 4. The van der Waals surface area contributed by atoms with Gasteiger partial charge in [-0.1, -0.05) is 13.8 Å². The van der Waals surface area contributed by atoms with Gasteiger partial charge in [0.2, 0.25) is 0 Å². The molecule has 1 unspecified atom stereocenters. The Morgan fingerprint density at radius 3 is 3.00 bits per heavy atom. The van der Waals surface area contributed by atoms with E-state index in [1.54, 1.807) is 6.20 Å². The number of nitrogens with zero attached hydrogens (tertiary/aromatic N) is 3. The summed E-state index contributed by atoms with van der Waals surface area (Å²) in [5, 5.41) is 7.87. The molecule has 19 heavy (non-hydrogen) atoms. The molecule has 1 atom stereocenters. The summed E-state index contributed by atoms with van der Waals surface area (Å²) in [6.45, 7) is 4.39. The van der Waals surface area contributed by atoms with Gasteiger partial charge in [0.15, 0.2) is 5.65 Å². The van der Waals surface area contributed by atoms with Crippen LogP contribution in [0.3, 0.4) is 0 Å². The molecule has 0 aliphatic heterocycles. The number of nitrogens with two attached hydrogens (primary N) is 1. The predicted molar refractivity (Wildman–Crippen MR) is 76.3 cm³/mol. The van der Waals surface area contributed by atoms with Crippen molar-refractivity contribution in [2.75, 3.05) is 5.32 Å². The lowest BCUT2D eigenvalue weighted by Crippen LogP contribution is -2.44. The summed E-state index contributed by atoms with van der Waals surface area (Å²) in [6.07, 6.45) is 4.94. The molecule has 2 aromatic heterocycles. The van der Waals surface area contributed by atoms with Gasteiger partial charge in [0.05, 0.1) is 6.20 Å². The van der Waals surface area contributed by atoms with E-state index >= 15 is 0 Å². The van der Waals surface area contributed by atoms with E-state index in [1.807, 2.05) is 10.6 Å². The molecule has 1 saturated carbocycles. The molecule has 1 fully saturated rings. The van der Waals surface area contributed by atoms with Crippen LogP contribution in [-0.4, -0.2) is 26.7 Å². The summed E-state index contributed by atoms with van der Waals surface area (Å²) >= 11 is 0. The second-order valence-corrected chi connectivity index (χ2v) is 5.55. The Kier molecular flexibility index (Phi) is 3.14. The first kappa shape index (κ1) is 12.4. The van der Waals surface area contributed by atoms with Crippen molar-refractivity contribution in [1.82, 2.24) is 14.6 Å². The maximum absolute atomic E-state index is 5.84. The molecular formula is C14H21N5. The highest BCUT2D eigenvalue weighted by atomic mass is 15.3. The lowest BCUT2D eigenvalue weighted by molar-refractivity contribution is 0.372. The number of fused-ring (bicyclic) bond motifs is 1. The van der Waals surface area contributed by atoms with Crippen LogP contribution >= 0.6 is 0 Å². The lowest BCUT2D eigenvalue weighted by Gasteiger charge is -2.33. The van der Waals surface area contributed by atoms with Gasteiger partial charge >= 0.3 is 0 Å². The fourth-order valence-electron chi connectivity index (χ4n) is 2.49. The zero-order valence-corrected chi connectivity index (χ0v) is 11.5. The normalized spacial score (nSPS) is 24.2. The predicted octanol–water partition coefficient (Wildman–Crippen LogP) is 2.14. The van der Waals surface area contributed by atoms with Crippen molar-refractivity contribution in [3.8, 4) is 0 Å². The van der Waals surface area contributed by atoms with Crippen molar-refractivity contribution in [2.45, 2.75) is 51.1 Å². The summed E-state index contributed by atoms with van der Waals surface area (Å²) < 4.78 is 1.87. The minimum Gasteiger partial charge on any atom is -0.367 e. The molecule has 5 heteroatoms. The van der Waals surface area contributed by atoms with Gasteiger partial charge in [0.25, 0.3) is 0 Å². The third-order valence-electron chi connectivity index (χ3n) is 4.02. The average molecular weight is 259 g/mol. The van der Waals surface area contributed by atoms with Crippen LogP contribution in [0.25, 0.3) is 5.65 Å². The van der Waals surface area contributed by atoms with Crippen LogP contribution in [-0.2, 0) is 0 Å². The zero-order valence-electron chi connectivity index (χ0n) is 11.5. The third kappa shape index (κ3) is 2.30. The lowest BCUT2D eigenvalue weighted by atomic mass is 9.87. The van der Waals surface area contributed by atoms with E-state index in [-0.39, 0.29) is 0 Å². The second kappa shape index (κ2) is 4.81. The fourth-order valence-corrected chi connectivity index (χ4v) is 2.49. The topological polar surface area (TPSA) is 68.2 Å². The van der Waals surface area contributed by atoms with Crippen LogP contribution < -0.4 is 11.1 Å². The van der Waals surface area contributed by atoms with Crippen LogP contribution in [0.15, 0.2) is 18.3 Å².